The van der Waals surface area contributed by atoms with E-state index in [0.29, 0.717) is 40.1 Å². The summed E-state index contributed by atoms with van der Waals surface area (Å²) in [5.74, 6) is 0.234. The zero-order valence-corrected chi connectivity index (χ0v) is 18.2. The van der Waals surface area contributed by atoms with Gasteiger partial charge in [-0.1, -0.05) is 17.7 Å². The molecule has 1 heterocycles. The highest BCUT2D eigenvalue weighted by molar-refractivity contribution is 6.31. The van der Waals surface area contributed by atoms with Crippen LogP contribution in [-0.4, -0.2) is 27.3 Å². The van der Waals surface area contributed by atoms with Gasteiger partial charge in [-0.25, -0.2) is 14.1 Å². The molecule has 0 fully saturated rings. The van der Waals surface area contributed by atoms with Gasteiger partial charge in [0.05, 0.1) is 12.3 Å². The lowest BCUT2D eigenvalue weighted by molar-refractivity contribution is 0.101. The number of nitrogens with one attached hydrogen (secondary N) is 1. The van der Waals surface area contributed by atoms with E-state index in [1.807, 2.05) is 44.2 Å². The van der Waals surface area contributed by atoms with Gasteiger partial charge in [0.2, 0.25) is 5.82 Å². The fraction of sp³-hybridized carbons (Fsp3) is 0.125. The lowest BCUT2D eigenvalue weighted by atomic mass is 10.2. The molecule has 0 bridgehead atoms. The minimum atomic E-state index is -0.488. The van der Waals surface area contributed by atoms with E-state index in [1.54, 1.807) is 28.9 Å². The predicted octanol–water partition coefficient (Wildman–Crippen LogP) is 5.69. The van der Waals surface area contributed by atoms with E-state index in [9.17, 15) is 9.18 Å². The minimum Gasteiger partial charge on any atom is -0.494 e. The molecule has 1 aromatic heterocycles. The summed E-state index contributed by atoms with van der Waals surface area (Å²) >= 11 is 6.15. The molecule has 0 spiro atoms. The normalized spacial score (nSPS) is 10.8. The number of rotatable bonds is 6. The van der Waals surface area contributed by atoms with Crippen molar-refractivity contribution >= 4 is 23.2 Å². The van der Waals surface area contributed by atoms with Gasteiger partial charge in [-0.15, -0.1) is 5.10 Å². The minimum absolute atomic E-state index is 0.0325. The third-order valence-corrected chi connectivity index (χ3v) is 5.14. The molecule has 0 unspecified atom stereocenters. The molecule has 0 aliphatic rings. The second kappa shape index (κ2) is 9.20. The lowest BCUT2D eigenvalue weighted by Gasteiger charge is -2.08. The zero-order valence-electron chi connectivity index (χ0n) is 17.5. The number of carbonyl (C=O) groups is 1. The first-order chi connectivity index (χ1) is 15.4. The number of aromatic nitrogens is 3. The maximum Gasteiger partial charge on any atom is 0.295 e. The number of anilines is 1. The van der Waals surface area contributed by atoms with E-state index >= 15 is 0 Å². The smallest absolute Gasteiger partial charge is 0.295 e. The third-order valence-electron chi connectivity index (χ3n) is 4.73. The van der Waals surface area contributed by atoms with Gasteiger partial charge in [-0.3, -0.25) is 4.79 Å². The molecule has 0 aliphatic heterocycles. The molecule has 0 radical (unpaired) electrons. The van der Waals surface area contributed by atoms with Crippen LogP contribution in [0.2, 0.25) is 5.02 Å². The Hall–Kier alpha value is -3.71. The van der Waals surface area contributed by atoms with E-state index in [4.69, 9.17) is 16.3 Å². The van der Waals surface area contributed by atoms with Crippen LogP contribution in [-0.2, 0) is 0 Å². The fourth-order valence-electron chi connectivity index (χ4n) is 3.08. The van der Waals surface area contributed by atoms with Crippen LogP contribution >= 0.6 is 11.6 Å². The molecule has 8 heteroatoms. The van der Waals surface area contributed by atoms with Crippen molar-refractivity contribution in [1.29, 1.82) is 0 Å². The van der Waals surface area contributed by atoms with Crippen LogP contribution in [0, 0.1) is 12.7 Å². The number of hydrogen-bond acceptors (Lipinski definition) is 4. The van der Waals surface area contributed by atoms with Gasteiger partial charge in [0.25, 0.3) is 5.91 Å². The highest BCUT2D eigenvalue weighted by Crippen LogP contribution is 2.24. The number of carbonyl (C=O) groups excluding carboxylic acids is 1. The van der Waals surface area contributed by atoms with Crippen LogP contribution in [0.4, 0.5) is 10.1 Å². The molecule has 4 rings (SSSR count). The maximum atomic E-state index is 13.4. The van der Waals surface area contributed by atoms with Gasteiger partial charge >= 0.3 is 0 Å². The Morgan fingerprint density at radius 2 is 1.81 bits per heavy atom. The van der Waals surface area contributed by atoms with Crippen molar-refractivity contribution in [3.05, 3.63) is 89.0 Å². The second-order valence-corrected chi connectivity index (χ2v) is 7.43. The highest BCUT2D eigenvalue weighted by Gasteiger charge is 2.19. The Bertz CT molecular complexity index is 1250. The van der Waals surface area contributed by atoms with Gasteiger partial charge in [0.15, 0.2) is 5.82 Å². The van der Waals surface area contributed by atoms with Crippen molar-refractivity contribution < 1.29 is 13.9 Å². The summed E-state index contributed by atoms with van der Waals surface area (Å²) in [5.41, 5.74) is 2.73. The zero-order chi connectivity index (χ0) is 22.7. The summed E-state index contributed by atoms with van der Waals surface area (Å²) in [4.78, 5) is 17.3. The third kappa shape index (κ3) is 4.63. The first-order valence-corrected chi connectivity index (χ1v) is 10.4. The summed E-state index contributed by atoms with van der Waals surface area (Å²) in [6.07, 6.45) is 0. The molecule has 0 saturated heterocycles. The average molecular weight is 451 g/mol. The van der Waals surface area contributed by atoms with Crippen molar-refractivity contribution in [2.45, 2.75) is 13.8 Å². The van der Waals surface area contributed by atoms with Gasteiger partial charge in [-0.2, -0.15) is 0 Å². The standard InChI is InChI=1S/C24H20ClFN4O2/c1-3-32-20-12-10-19(11-13-20)30-23(16-5-7-17(26)8-6-16)28-22(29-30)24(31)27-18-9-4-15(2)21(25)14-18/h4-14H,3H2,1-2H3,(H,27,31). The molecule has 3 aromatic carbocycles. The average Bonchev–Trinajstić information content (AvgIpc) is 3.23. The molecule has 4 aromatic rings. The van der Waals surface area contributed by atoms with Crippen LogP contribution in [0.1, 0.15) is 23.1 Å². The van der Waals surface area contributed by atoms with Crippen LogP contribution < -0.4 is 10.1 Å². The first kappa shape index (κ1) is 21.5. The summed E-state index contributed by atoms with van der Waals surface area (Å²) in [7, 11) is 0. The molecule has 0 aliphatic carbocycles. The summed E-state index contributed by atoms with van der Waals surface area (Å²) in [5, 5.41) is 7.72. The van der Waals surface area contributed by atoms with Crippen LogP contribution in [0.3, 0.4) is 0 Å². The molecular formula is C24H20ClFN4O2. The summed E-state index contributed by atoms with van der Waals surface area (Å²) in [6, 6.07) is 18.3. The number of nitrogens with zero attached hydrogens (tertiary/aromatic N) is 3. The topological polar surface area (TPSA) is 69.0 Å². The van der Waals surface area contributed by atoms with Crippen molar-refractivity contribution in [3.8, 4) is 22.8 Å². The predicted molar refractivity (Wildman–Crippen MR) is 122 cm³/mol. The number of ether oxygens (including phenoxy) is 1. The maximum absolute atomic E-state index is 13.4. The summed E-state index contributed by atoms with van der Waals surface area (Å²) in [6.45, 7) is 4.34. The van der Waals surface area contributed by atoms with Crippen LogP contribution in [0.5, 0.6) is 5.75 Å². The Labute approximate surface area is 189 Å². The van der Waals surface area contributed by atoms with Crippen molar-refractivity contribution in [2.24, 2.45) is 0 Å². The van der Waals surface area contributed by atoms with E-state index in [0.717, 1.165) is 5.56 Å². The van der Waals surface area contributed by atoms with Crippen molar-refractivity contribution in [2.75, 3.05) is 11.9 Å². The largest absolute Gasteiger partial charge is 0.494 e. The molecule has 6 nitrogen and oxygen atoms in total. The van der Waals surface area contributed by atoms with Gasteiger partial charge < -0.3 is 10.1 Å². The Morgan fingerprint density at radius 1 is 1.09 bits per heavy atom. The molecule has 1 amide bonds. The molecule has 0 saturated carbocycles. The van der Waals surface area contributed by atoms with Gasteiger partial charge in [-0.05, 0) is 80.1 Å². The number of aryl methyl sites for hydroxylation is 1. The number of benzene rings is 3. The monoisotopic (exact) mass is 450 g/mol. The van der Waals surface area contributed by atoms with Crippen LogP contribution in [0.15, 0.2) is 66.7 Å². The van der Waals surface area contributed by atoms with E-state index in [2.05, 4.69) is 15.4 Å². The highest BCUT2D eigenvalue weighted by atomic mass is 35.5. The van der Waals surface area contributed by atoms with Crippen LogP contribution in [0.25, 0.3) is 17.1 Å². The van der Waals surface area contributed by atoms with E-state index in [-0.39, 0.29) is 11.6 Å². The van der Waals surface area contributed by atoms with Crippen molar-refractivity contribution in [3.63, 3.8) is 0 Å². The molecule has 162 valence electrons. The van der Waals surface area contributed by atoms with Gasteiger partial charge in [0, 0.05) is 16.3 Å². The molecule has 0 atom stereocenters. The van der Waals surface area contributed by atoms with Crippen molar-refractivity contribution in [1.82, 2.24) is 14.8 Å². The molecular weight excluding hydrogens is 431 g/mol. The van der Waals surface area contributed by atoms with E-state index < -0.39 is 5.91 Å². The van der Waals surface area contributed by atoms with E-state index in [1.165, 1.54) is 12.1 Å². The Balaban J connectivity index is 1.72. The fourth-order valence-corrected chi connectivity index (χ4v) is 3.26. The number of halogens is 2. The Kier molecular flexibility index (Phi) is 6.18. The first-order valence-electron chi connectivity index (χ1n) is 9.98. The second-order valence-electron chi connectivity index (χ2n) is 7.02. The SMILES string of the molecule is CCOc1ccc(-n2nc(C(=O)Nc3ccc(C)c(Cl)c3)nc2-c2ccc(F)cc2)cc1. The number of hydrogen-bond donors (Lipinski definition) is 1. The quantitative estimate of drug-likeness (QED) is 0.410. The Morgan fingerprint density at radius 3 is 2.47 bits per heavy atom. The summed E-state index contributed by atoms with van der Waals surface area (Å²) < 4.78 is 20.5. The lowest BCUT2D eigenvalue weighted by Crippen LogP contribution is -2.14. The number of amides is 1. The molecule has 32 heavy (non-hydrogen) atoms. The van der Waals surface area contributed by atoms with Gasteiger partial charge in [0.1, 0.15) is 11.6 Å². The molecule has 1 N–H and O–H groups in total.